The number of aliphatic carboxylic acids is 1. The van der Waals surface area contributed by atoms with E-state index in [1.165, 1.54) is 0 Å². The van der Waals surface area contributed by atoms with E-state index in [-0.39, 0.29) is 18.4 Å². The lowest BCUT2D eigenvalue weighted by molar-refractivity contribution is -0.141. The van der Waals surface area contributed by atoms with Crippen molar-refractivity contribution in [1.82, 2.24) is 5.32 Å². The van der Waals surface area contributed by atoms with Crippen LogP contribution in [0.25, 0.3) is 0 Å². The van der Waals surface area contributed by atoms with Gasteiger partial charge in [0.1, 0.15) is 0 Å². The summed E-state index contributed by atoms with van der Waals surface area (Å²) < 4.78 is 0. The topological polar surface area (TPSA) is 66.4 Å². The maximum Gasteiger partial charge on any atom is 0.308 e. The Bertz CT molecular complexity index is 471. The van der Waals surface area contributed by atoms with Crippen molar-refractivity contribution >= 4 is 11.9 Å². The zero-order valence-electron chi connectivity index (χ0n) is 12.3. The summed E-state index contributed by atoms with van der Waals surface area (Å²) in [4.78, 5) is 23.0. The second-order valence-electron chi connectivity index (χ2n) is 5.28. The summed E-state index contributed by atoms with van der Waals surface area (Å²) in [6, 6.07) is 7.79. The van der Waals surface area contributed by atoms with Crippen molar-refractivity contribution < 1.29 is 14.7 Å². The molecule has 1 aromatic carbocycles. The summed E-state index contributed by atoms with van der Waals surface area (Å²) in [6.45, 7) is 5.92. The largest absolute Gasteiger partial charge is 0.481 e. The van der Waals surface area contributed by atoms with Gasteiger partial charge < -0.3 is 10.4 Å². The van der Waals surface area contributed by atoms with E-state index < -0.39 is 11.9 Å². The number of benzene rings is 1. The zero-order chi connectivity index (χ0) is 15.1. The van der Waals surface area contributed by atoms with Gasteiger partial charge in [0.2, 0.25) is 5.91 Å². The van der Waals surface area contributed by atoms with Gasteiger partial charge >= 0.3 is 5.97 Å². The zero-order valence-corrected chi connectivity index (χ0v) is 12.3. The first-order valence-electron chi connectivity index (χ1n) is 7.00. The van der Waals surface area contributed by atoms with E-state index in [1.807, 2.05) is 45.0 Å². The molecule has 4 nitrogen and oxygen atoms in total. The monoisotopic (exact) mass is 277 g/mol. The quantitative estimate of drug-likeness (QED) is 0.804. The molecule has 1 rings (SSSR count). The van der Waals surface area contributed by atoms with Gasteiger partial charge in [-0.1, -0.05) is 43.7 Å². The fourth-order valence-electron chi connectivity index (χ4n) is 1.95. The van der Waals surface area contributed by atoms with E-state index in [0.29, 0.717) is 6.42 Å². The molecule has 0 bridgehead atoms. The molecule has 0 aliphatic heterocycles. The number of carboxylic acid groups (broad SMARTS) is 1. The van der Waals surface area contributed by atoms with Gasteiger partial charge in [-0.05, 0) is 25.3 Å². The lowest BCUT2D eigenvalue weighted by Crippen LogP contribution is -2.36. The molecule has 110 valence electrons. The van der Waals surface area contributed by atoms with E-state index in [0.717, 1.165) is 17.5 Å². The summed E-state index contributed by atoms with van der Waals surface area (Å²) in [5.74, 6) is -1.63. The maximum atomic E-state index is 11.7. The van der Waals surface area contributed by atoms with Crippen molar-refractivity contribution in [3.05, 3.63) is 35.4 Å². The molecule has 0 radical (unpaired) electrons. The Morgan fingerprint density at radius 3 is 2.60 bits per heavy atom. The molecular formula is C16H23NO3. The van der Waals surface area contributed by atoms with Crippen molar-refractivity contribution in [2.24, 2.45) is 11.8 Å². The minimum Gasteiger partial charge on any atom is -0.481 e. The predicted molar refractivity (Wildman–Crippen MR) is 78.5 cm³/mol. The maximum absolute atomic E-state index is 11.7. The number of amides is 1. The molecule has 2 N–H and O–H groups in total. The van der Waals surface area contributed by atoms with Gasteiger partial charge in [-0.15, -0.1) is 0 Å². The van der Waals surface area contributed by atoms with Crippen LogP contribution < -0.4 is 5.32 Å². The number of nitrogens with one attached hydrogen (secondary N) is 1. The van der Waals surface area contributed by atoms with Gasteiger partial charge in [-0.25, -0.2) is 0 Å². The molecule has 0 saturated heterocycles. The molecule has 0 aromatic heterocycles. The molecule has 0 aliphatic rings. The van der Waals surface area contributed by atoms with Crippen LogP contribution in [0.1, 0.15) is 31.4 Å². The highest BCUT2D eigenvalue weighted by Gasteiger charge is 2.20. The second kappa shape index (κ2) is 7.68. The Hall–Kier alpha value is -1.84. The van der Waals surface area contributed by atoms with E-state index in [4.69, 9.17) is 0 Å². The molecule has 0 aliphatic carbocycles. The molecule has 2 atom stereocenters. The molecular weight excluding hydrogens is 254 g/mol. The van der Waals surface area contributed by atoms with Gasteiger partial charge in [0.05, 0.1) is 5.92 Å². The standard InChI is InChI=1S/C16H23NO3/c1-4-12(3)15(18)17-10-14(16(19)20)9-13-7-5-6-11(2)8-13/h5-8,12,14H,4,9-10H2,1-3H3,(H,17,18)(H,19,20). The first kappa shape index (κ1) is 16.2. The summed E-state index contributed by atoms with van der Waals surface area (Å²) in [6.07, 6.45) is 1.18. The lowest BCUT2D eigenvalue weighted by Gasteiger charge is -2.15. The van der Waals surface area contributed by atoms with E-state index >= 15 is 0 Å². The van der Waals surface area contributed by atoms with Gasteiger partial charge in [-0.3, -0.25) is 9.59 Å². The Labute approximate surface area is 120 Å². The van der Waals surface area contributed by atoms with Gasteiger partial charge in [0, 0.05) is 12.5 Å². The smallest absolute Gasteiger partial charge is 0.308 e. The first-order valence-corrected chi connectivity index (χ1v) is 7.00. The van der Waals surface area contributed by atoms with E-state index in [1.54, 1.807) is 0 Å². The third kappa shape index (κ3) is 5.03. The third-order valence-corrected chi connectivity index (χ3v) is 3.50. The average Bonchev–Trinajstić information content (AvgIpc) is 2.41. The van der Waals surface area contributed by atoms with Gasteiger partial charge in [0.25, 0.3) is 0 Å². The van der Waals surface area contributed by atoms with Crippen LogP contribution in [-0.4, -0.2) is 23.5 Å². The minimum absolute atomic E-state index is 0.0802. The van der Waals surface area contributed by atoms with Gasteiger partial charge in [-0.2, -0.15) is 0 Å². The lowest BCUT2D eigenvalue weighted by atomic mass is 9.98. The molecule has 0 fully saturated rings. The summed E-state index contributed by atoms with van der Waals surface area (Å²) in [5, 5.41) is 12.0. The van der Waals surface area contributed by atoms with Crippen molar-refractivity contribution in [1.29, 1.82) is 0 Å². The third-order valence-electron chi connectivity index (χ3n) is 3.50. The highest BCUT2D eigenvalue weighted by atomic mass is 16.4. The van der Waals surface area contributed by atoms with Crippen LogP contribution in [0.3, 0.4) is 0 Å². The van der Waals surface area contributed by atoms with Crippen molar-refractivity contribution in [3.63, 3.8) is 0 Å². The van der Waals surface area contributed by atoms with Crippen molar-refractivity contribution in [3.8, 4) is 0 Å². The molecule has 4 heteroatoms. The number of carbonyl (C=O) groups excluding carboxylic acids is 1. The number of hydrogen-bond acceptors (Lipinski definition) is 2. The number of rotatable bonds is 7. The van der Waals surface area contributed by atoms with Crippen LogP contribution >= 0.6 is 0 Å². The number of aryl methyl sites for hydroxylation is 1. The predicted octanol–water partition coefficient (Wildman–Crippen LogP) is 2.40. The number of carbonyl (C=O) groups is 2. The molecule has 1 amide bonds. The number of hydrogen-bond donors (Lipinski definition) is 2. The second-order valence-corrected chi connectivity index (χ2v) is 5.28. The highest BCUT2D eigenvalue weighted by molar-refractivity contribution is 5.79. The van der Waals surface area contributed by atoms with Crippen LogP contribution in [0.2, 0.25) is 0 Å². The van der Waals surface area contributed by atoms with Gasteiger partial charge in [0.15, 0.2) is 0 Å². The van der Waals surface area contributed by atoms with E-state index in [9.17, 15) is 14.7 Å². The fourth-order valence-corrected chi connectivity index (χ4v) is 1.95. The molecule has 0 saturated carbocycles. The molecule has 0 spiro atoms. The normalized spacial score (nSPS) is 13.6. The van der Waals surface area contributed by atoms with Crippen LogP contribution in [0, 0.1) is 18.8 Å². The summed E-state index contributed by atoms with van der Waals surface area (Å²) >= 11 is 0. The minimum atomic E-state index is -0.879. The summed E-state index contributed by atoms with van der Waals surface area (Å²) in [5.41, 5.74) is 2.09. The molecule has 0 heterocycles. The van der Waals surface area contributed by atoms with Crippen LogP contribution in [0.4, 0.5) is 0 Å². The molecule has 2 unspecified atom stereocenters. The SMILES string of the molecule is CCC(C)C(=O)NCC(Cc1cccc(C)c1)C(=O)O. The Kier molecular flexibility index (Phi) is 6.22. The Morgan fingerprint density at radius 1 is 1.35 bits per heavy atom. The number of carboxylic acids is 1. The molecule has 20 heavy (non-hydrogen) atoms. The Morgan fingerprint density at radius 2 is 2.05 bits per heavy atom. The molecule has 1 aromatic rings. The highest BCUT2D eigenvalue weighted by Crippen LogP contribution is 2.11. The van der Waals surface area contributed by atoms with Crippen molar-refractivity contribution in [2.75, 3.05) is 6.54 Å². The Balaban J connectivity index is 2.62. The summed E-state index contributed by atoms with van der Waals surface area (Å²) in [7, 11) is 0. The van der Waals surface area contributed by atoms with Crippen LogP contribution in [0.15, 0.2) is 24.3 Å². The first-order chi connectivity index (χ1) is 9.43. The van der Waals surface area contributed by atoms with Crippen LogP contribution in [0.5, 0.6) is 0 Å². The van der Waals surface area contributed by atoms with Crippen molar-refractivity contribution in [2.45, 2.75) is 33.6 Å². The van der Waals surface area contributed by atoms with Crippen LogP contribution in [-0.2, 0) is 16.0 Å². The fraction of sp³-hybridized carbons (Fsp3) is 0.500. The van der Waals surface area contributed by atoms with E-state index in [2.05, 4.69) is 5.32 Å². The average molecular weight is 277 g/mol.